The van der Waals surface area contributed by atoms with E-state index in [0.29, 0.717) is 0 Å². The van der Waals surface area contributed by atoms with E-state index in [9.17, 15) is 4.79 Å². The highest BCUT2D eigenvalue weighted by Crippen LogP contribution is 2.44. The first-order chi connectivity index (χ1) is 8.16. The van der Waals surface area contributed by atoms with Crippen LogP contribution in [0.3, 0.4) is 0 Å². The number of rotatable bonds is 3. The summed E-state index contributed by atoms with van der Waals surface area (Å²) in [5.74, 6) is 0.0381. The number of aromatic nitrogens is 1. The molecule has 3 nitrogen and oxygen atoms in total. The monoisotopic (exact) mass is 230 g/mol. The molecule has 0 saturated heterocycles. The molecular weight excluding hydrogens is 212 g/mol. The van der Waals surface area contributed by atoms with Gasteiger partial charge in [-0.05, 0) is 30.9 Å². The van der Waals surface area contributed by atoms with Crippen LogP contribution in [0.15, 0.2) is 30.5 Å². The number of nitrogens with one attached hydrogen (secondary N) is 1. The van der Waals surface area contributed by atoms with E-state index < -0.39 is 5.41 Å². The third-order valence-corrected chi connectivity index (χ3v) is 3.73. The van der Waals surface area contributed by atoms with Crippen LogP contribution in [0.25, 0.3) is 0 Å². The average Bonchev–Trinajstić information content (AvgIpc) is 2.77. The normalized spacial score (nSPS) is 22.0. The largest absolute Gasteiger partial charge is 0.358 e. The van der Waals surface area contributed by atoms with Crippen molar-refractivity contribution in [1.29, 1.82) is 0 Å². The van der Waals surface area contributed by atoms with Crippen molar-refractivity contribution in [2.45, 2.75) is 31.6 Å². The Morgan fingerprint density at radius 1 is 1.65 bits per heavy atom. The predicted molar refractivity (Wildman–Crippen MR) is 67.7 cm³/mol. The molecule has 0 bridgehead atoms. The third-order valence-electron chi connectivity index (χ3n) is 3.73. The fourth-order valence-corrected chi connectivity index (χ4v) is 2.75. The van der Waals surface area contributed by atoms with Gasteiger partial charge in [-0.2, -0.15) is 0 Å². The smallest absolute Gasteiger partial charge is 0.234 e. The van der Waals surface area contributed by atoms with E-state index >= 15 is 0 Å². The number of aryl methyl sites for hydroxylation is 1. The van der Waals surface area contributed by atoms with E-state index in [0.717, 1.165) is 36.1 Å². The lowest BCUT2D eigenvalue weighted by Gasteiger charge is -2.30. The molecule has 2 rings (SSSR count). The van der Waals surface area contributed by atoms with Gasteiger partial charge in [-0.3, -0.25) is 9.78 Å². The standard InChI is InChI=1S/C14H18N2O/c1-4-10(2)14(13(17)15-3)8-7-12-11(14)6-5-9-16-12/h5-6,9H,2,4,7-8H2,1,3H3,(H,15,17). The van der Waals surface area contributed by atoms with E-state index in [1.54, 1.807) is 13.2 Å². The molecule has 0 saturated carbocycles. The van der Waals surface area contributed by atoms with Crippen LogP contribution < -0.4 is 5.32 Å². The van der Waals surface area contributed by atoms with Gasteiger partial charge in [0.1, 0.15) is 0 Å². The van der Waals surface area contributed by atoms with E-state index in [1.807, 2.05) is 19.1 Å². The summed E-state index contributed by atoms with van der Waals surface area (Å²) in [6.07, 6.45) is 4.23. The molecule has 1 amide bonds. The molecule has 0 radical (unpaired) electrons. The second-order valence-corrected chi connectivity index (χ2v) is 4.44. The highest BCUT2D eigenvalue weighted by atomic mass is 16.2. The van der Waals surface area contributed by atoms with E-state index in [2.05, 4.69) is 16.9 Å². The summed E-state index contributed by atoms with van der Waals surface area (Å²) in [7, 11) is 1.68. The van der Waals surface area contributed by atoms with Crippen LogP contribution in [0.1, 0.15) is 31.0 Å². The Labute approximate surface area is 102 Å². The van der Waals surface area contributed by atoms with Crippen LogP contribution in [0, 0.1) is 0 Å². The van der Waals surface area contributed by atoms with Crippen LogP contribution in [0.5, 0.6) is 0 Å². The molecule has 0 aliphatic heterocycles. The van der Waals surface area contributed by atoms with Gasteiger partial charge in [0.15, 0.2) is 0 Å². The zero-order valence-electron chi connectivity index (χ0n) is 10.4. The van der Waals surface area contributed by atoms with Crippen molar-refractivity contribution in [3.05, 3.63) is 41.7 Å². The number of hydrogen-bond donors (Lipinski definition) is 1. The summed E-state index contributed by atoms with van der Waals surface area (Å²) in [5.41, 5.74) is 2.48. The number of carbonyl (C=O) groups is 1. The molecule has 90 valence electrons. The van der Waals surface area contributed by atoms with Crippen LogP contribution in [0.2, 0.25) is 0 Å². The lowest BCUT2D eigenvalue weighted by atomic mass is 9.74. The maximum Gasteiger partial charge on any atom is 0.234 e. The summed E-state index contributed by atoms with van der Waals surface area (Å²) in [6.45, 7) is 6.15. The Bertz CT molecular complexity index is 449. The van der Waals surface area contributed by atoms with Gasteiger partial charge in [-0.15, -0.1) is 0 Å². The molecule has 1 atom stereocenters. The second kappa shape index (κ2) is 4.32. The zero-order chi connectivity index (χ0) is 12.5. The zero-order valence-corrected chi connectivity index (χ0v) is 10.4. The Kier molecular flexibility index (Phi) is 3.01. The van der Waals surface area contributed by atoms with Crippen LogP contribution in [0.4, 0.5) is 0 Å². The molecule has 1 heterocycles. The van der Waals surface area contributed by atoms with Crippen molar-refractivity contribution >= 4 is 5.91 Å². The molecule has 1 aliphatic rings. The molecule has 1 N–H and O–H groups in total. The Morgan fingerprint density at radius 3 is 3.06 bits per heavy atom. The number of fused-ring (bicyclic) bond motifs is 1. The summed E-state index contributed by atoms with van der Waals surface area (Å²) in [6, 6.07) is 3.90. The average molecular weight is 230 g/mol. The molecule has 0 fully saturated rings. The molecule has 1 aromatic heterocycles. The minimum absolute atomic E-state index is 0.0381. The minimum Gasteiger partial charge on any atom is -0.358 e. The topological polar surface area (TPSA) is 42.0 Å². The predicted octanol–water partition coefficient (Wildman–Crippen LogP) is 1.98. The van der Waals surface area contributed by atoms with Gasteiger partial charge in [0.2, 0.25) is 5.91 Å². The summed E-state index contributed by atoms with van der Waals surface area (Å²) >= 11 is 0. The molecule has 17 heavy (non-hydrogen) atoms. The second-order valence-electron chi connectivity index (χ2n) is 4.44. The number of nitrogens with zero attached hydrogens (tertiary/aromatic N) is 1. The number of carbonyl (C=O) groups excluding carboxylic acids is 1. The van der Waals surface area contributed by atoms with Crippen LogP contribution in [-0.2, 0) is 16.6 Å². The lowest BCUT2D eigenvalue weighted by molar-refractivity contribution is -0.125. The maximum atomic E-state index is 12.3. The fourth-order valence-electron chi connectivity index (χ4n) is 2.75. The Morgan fingerprint density at radius 2 is 2.41 bits per heavy atom. The van der Waals surface area contributed by atoms with Crippen molar-refractivity contribution in [3.63, 3.8) is 0 Å². The highest BCUT2D eigenvalue weighted by Gasteiger charge is 2.46. The van der Waals surface area contributed by atoms with Crippen LogP contribution >= 0.6 is 0 Å². The van der Waals surface area contributed by atoms with Crippen molar-refractivity contribution in [1.82, 2.24) is 10.3 Å². The first-order valence-electron chi connectivity index (χ1n) is 6.01. The number of likely N-dealkylation sites (N-methyl/N-ethyl adjacent to an activating group) is 1. The Balaban J connectivity index is 2.58. The number of pyridine rings is 1. The van der Waals surface area contributed by atoms with Gasteiger partial charge in [0.05, 0.1) is 5.41 Å². The molecule has 1 unspecified atom stereocenters. The molecule has 3 heteroatoms. The minimum atomic E-state index is -0.562. The SMILES string of the molecule is C=C(CC)C1(C(=O)NC)CCc2ncccc21. The van der Waals surface area contributed by atoms with Crippen LogP contribution in [-0.4, -0.2) is 17.9 Å². The number of hydrogen-bond acceptors (Lipinski definition) is 2. The van der Waals surface area contributed by atoms with Gasteiger partial charge in [-0.1, -0.05) is 25.1 Å². The molecule has 0 aromatic carbocycles. The first-order valence-corrected chi connectivity index (χ1v) is 6.01. The van der Waals surface area contributed by atoms with E-state index in [1.165, 1.54) is 0 Å². The summed E-state index contributed by atoms with van der Waals surface area (Å²) in [5, 5.41) is 2.78. The lowest BCUT2D eigenvalue weighted by Crippen LogP contribution is -2.42. The fraction of sp³-hybridized carbons (Fsp3) is 0.429. The summed E-state index contributed by atoms with van der Waals surface area (Å²) in [4.78, 5) is 16.7. The van der Waals surface area contributed by atoms with Gasteiger partial charge in [0, 0.05) is 18.9 Å². The maximum absolute atomic E-state index is 12.3. The Hall–Kier alpha value is -1.64. The molecular formula is C14H18N2O. The van der Waals surface area contributed by atoms with Crippen molar-refractivity contribution in [3.8, 4) is 0 Å². The number of amides is 1. The molecule has 1 aliphatic carbocycles. The van der Waals surface area contributed by atoms with Crippen molar-refractivity contribution < 1.29 is 4.79 Å². The quantitative estimate of drug-likeness (QED) is 0.807. The van der Waals surface area contributed by atoms with Gasteiger partial charge in [-0.25, -0.2) is 0 Å². The third kappa shape index (κ3) is 1.57. The molecule has 0 spiro atoms. The highest BCUT2D eigenvalue weighted by molar-refractivity contribution is 5.92. The van der Waals surface area contributed by atoms with Gasteiger partial charge in [0.25, 0.3) is 0 Å². The van der Waals surface area contributed by atoms with Gasteiger partial charge >= 0.3 is 0 Å². The summed E-state index contributed by atoms with van der Waals surface area (Å²) < 4.78 is 0. The van der Waals surface area contributed by atoms with E-state index in [4.69, 9.17) is 0 Å². The first kappa shape index (κ1) is 11.8. The van der Waals surface area contributed by atoms with Crippen molar-refractivity contribution in [2.75, 3.05) is 7.05 Å². The van der Waals surface area contributed by atoms with Crippen molar-refractivity contribution in [2.24, 2.45) is 0 Å². The van der Waals surface area contributed by atoms with E-state index in [-0.39, 0.29) is 5.91 Å². The molecule has 1 aromatic rings. The van der Waals surface area contributed by atoms with Gasteiger partial charge < -0.3 is 5.32 Å².